The number of nitrogens with one attached hydrogen (secondary N) is 1. The van der Waals surface area contributed by atoms with Gasteiger partial charge in [-0.05, 0) is 6.54 Å². The van der Waals surface area contributed by atoms with Crippen LogP contribution >= 0.6 is 0 Å². The van der Waals surface area contributed by atoms with Crippen LogP contribution in [0.3, 0.4) is 0 Å². The van der Waals surface area contributed by atoms with E-state index < -0.39 is 0 Å². The zero-order valence-electron chi connectivity index (χ0n) is 7.09. The second-order valence-electron chi connectivity index (χ2n) is 2.35. The second-order valence-corrected chi connectivity index (χ2v) is 2.35. The summed E-state index contributed by atoms with van der Waals surface area (Å²) < 4.78 is 0. The first-order chi connectivity index (χ1) is 5.43. The molecule has 0 amide bonds. The Morgan fingerprint density at radius 1 is 1.42 bits per heavy atom. The van der Waals surface area contributed by atoms with E-state index in [-0.39, 0.29) is 32.7 Å². The number of rotatable bonds is 4. The molecule has 2 nitrogen and oxygen atoms in total. The van der Waals surface area contributed by atoms with Crippen LogP contribution < -0.4 is 11.1 Å². The molecule has 0 unspecified atom stereocenters. The van der Waals surface area contributed by atoms with E-state index in [1.54, 1.807) is 0 Å². The molecule has 0 aromatic heterocycles. The van der Waals surface area contributed by atoms with E-state index in [4.69, 9.17) is 5.73 Å². The van der Waals surface area contributed by atoms with Crippen LogP contribution in [0.15, 0.2) is 24.3 Å². The molecule has 0 saturated carbocycles. The van der Waals surface area contributed by atoms with Gasteiger partial charge in [0.1, 0.15) is 0 Å². The minimum Gasteiger partial charge on any atom is -0.329 e. The van der Waals surface area contributed by atoms with Crippen LogP contribution in [0.2, 0.25) is 0 Å². The van der Waals surface area contributed by atoms with Crippen LogP contribution in [-0.4, -0.2) is 13.1 Å². The minimum absolute atomic E-state index is 0. The summed E-state index contributed by atoms with van der Waals surface area (Å²) in [6.07, 6.45) is 0. The van der Waals surface area contributed by atoms with Gasteiger partial charge in [0.15, 0.2) is 0 Å². The van der Waals surface area contributed by atoms with Crippen LogP contribution in [0.25, 0.3) is 0 Å². The predicted molar refractivity (Wildman–Crippen MR) is 46.0 cm³/mol. The first-order valence-electron chi connectivity index (χ1n) is 3.80. The molecule has 0 spiro atoms. The normalized spacial score (nSPS) is 9.08. The van der Waals surface area contributed by atoms with E-state index in [0.717, 1.165) is 13.1 Å². The molecule has 0 atom stereocenters. The maximum atomic E-state index is 5.32. The number of hydrogen-bond acceptors (Lipinski definition) is 2. The Hall–Kier alpha value is 0.244. The third-order valence-electron chi connectivity index (χ3n) is 1.41. The molecule has 0 aliphatic heterocycles. The Morgan fingerprint density at radius 3 is 2.83 bits per heavy atom. The molecular formula is C9H13N2Y-. The summed E-state index contributed by atoms with van der Waals surface area (Å²) >= 11 is 0. The van der Waals surface area contributed by atoms with Gasteiger partial charge in [0.25, 0.3) is 0 Å². The summed E-state index contributed by atoms with van der Waals surface area (Å²) in [5.74, 6) is 0. The van der Waals surface area contributed by atoms with Gasteiger partial charge in [-0.15, -0.1) is 5.56 Å². The van der Waals surface area contributed by atoms with Crippen molar-refractivity contribution in [2.24, 2.45) is 5.73 Å². The quantitative estimate of drug-likeness (QED) is 0.593. The maximum absolute atomic E-state index is 5.32. The smallest absolute Gasteiger partial charge is 0.00768 e. The van der Waals surface area contributed by atoms with Crippen molar-refractivity contribution in [3.05, 3.63) is 35.9 Å². The van der Waals surface area contributed by atoms with Crippen LogP contribution in [0, 0.1) is 6.07 Å². The van der Waals surface area contributed by atoms with Gasteiger partial charge < -0.3 is 11.1 Å². The van der Waals surface area contributed by atoms with Crippen LogP contribution in [0.4, 0.5) is 0 Å². The van der Waals surface area contributed by atoms with Gasteiger partial charge in [-0.25, -0.2) is 0 Å². The van der Waals surface area contributed by atoms with Crippen molar-refractivity contribution < 1.29 is 32.7 Å². The van der Waals surface area contributed by atoms with Gasteiger partial charge in [-0.2, -0.15) is 30.3 Å². The van der Waals surface area contributed by atoms with E-state index >= 15 is 0 Å². The zero-order chi connectivity index (χ0) is 7.94. The van der Waals surface area contributed by atoms with Gasteiger partial charge in [0.2, 0.25) is 0 Å². The average Bonchev–Trinajstić information content (AvgIpc) is 2.07. The number of benzene rings is 1. The third-order valence-corrected chi connectivity index (χ3v) is 1.41. The van der Waals surface area contributed by atoms with Crippen molar-refractivity contribution in [1.29, 1.82) is 0 Å². The fraction of sp³-hybridized carbons (Fsp3) is 0.333. The predicted octanol–water partition coefficient (Wildman–Crippen LogP) is 0.533. The van der Waals surface area contributed by atoms with Crippen LogP contribution in [-0.2, 0) is 39.3 Å². The summed E-state index contributed by atoms with van der Waals surface area (Å²) in [5.41, 5.74) is 6.50. The zero-order valence-corrected chi connectivity index (χ0v) is 9.92. The molecule has 12 heavy (non-hydrogen) atoms. The monoisotopic (exact) mass is 238 g/mol. The van der Waals surface area contributed by atoms with Gasteiger partial charge in [-0.1, -0.05) is 0 Å². The SMILES string of the molecule is NCCNCc1[c-]cccc1.[Y]. The number of hydrogen-bond donors (Lipinski definition) is 2. The molecule has 3 heteroatoms. The molecule has 0 fully saturated rings. The molecule has 63 valence electrons. The molecule has 0 aliphatic carbocycles. The summed E-state index contributed by atoms with van der Waals surface area (Å²) in [7, 11) is 0. The first kappa shape index (κ1) is 12.2. The molecule has 1 rings (SSSR count). The van der Waals surface area contributed by atoms with E-state index in [1.807, 2.05) is 24.3 Å². The molecule has 1 aromatic rings. The van der Waals surface area contributed by atoms with Gasteiger partial charge in [0.05, 0.1) is 0 Å². The molecule has 0 aliphatic rings. The Balaban J connectivity index is 0.00000121. The van der Waals surface area contributed by atoms with Gasteiger partial charge in [-0.3, -0.25) is 0 Å². The van der Waals surface area contributed by atoms with Crippen molar-refractivity contribution in [2.45, 2.75) is 6.54 Å². The fourth-order valence-corrected chi connectivity index (χ4v) is 0.866. The Kier molecular flexibility index (Phi) is 8.03. The average molecular weight is 238 g/mol. The molecule has 0 saturated heterocycles. The first-order valence-corrected chi connectivity index (χ1v) is 3.80. The topological polar surface area (TPSA) is 38.0 Å². The molecule has 0 bridgehead atoms. The van der Waals surface area contributed by atoms with E-state index in [0.29, 0.717) is 6.54 Å². The molecule has 1 radical (unpaired) electrons. The summed E-state index contributed by atoms with van der Waals surface area (Å²) in [4.78, 5) is 0. The second kappa shape index (κ2) is 7.87. The Bertz CT molecular complexity index is 189. The summed E-state index contributed by atoms with van der Waals surface area (Å²) in [6.45, 7) is 2.41. The van der Waals surface area contributed by atoms with Crippen molar-refractivity contribution in [1.82, 2.24) is 5.32 Å². The Morgan fingerprint density at radius 2 is 2.25 bits per heavy atom. The van der Waals surface area contributed by atoms with E-state index in [1.165, 1.54) is 5.56 Å². The van der Waals surface area contributed by atoms with Crippen molar-refractivity contribution in [3.8, 4) is 0 Å². The van der Waals surface area contributed by atoms with Gasteiger partial charge >= 0.3 is 0 Å². The van der Waals surface area contributed by atoms with Crippen molar-refractivity contribution in [3.63, 3.8) is 0 Å². The summed E-state index contributed by atoms with van der Waals surface area (Å²) in [5, 5.41) is 3.20. The van der Waals surface area contributed by atoms with Crippen LogP contribution in [0.1, 0.15) is 5.56 Å². The molecule has 1 aromatic carbocycles. The molecular weight excluding hydrogens is 225 g/mol. The third kappa shape index (κ3) is 4.99. The van der Waals surface area contributed by atoms with Crippen molar-refractivity contribution in [2.75, 3.05) is 13.1 Å². The number of nitrogens with two attached hydrogens (primary N) is 1. The largest absolute Gasteiger partial charge is 0.329 e. The van der Waals surface area contributed by atoms with E-state index in [2.05, 4.69) is 11.4 Å². The van der Waals surface area contributed by atoms with Crippen molar-refractivity contribution >= 4 is 0 Å². The Labute approximate surface area is 98.8 Å². The van der Waals surface area contributed by atoms with Gasteiger partial charge in [0, 0.05) is 45.8 Å². The summed E-state index contributed by atoms with van der Waals surface area (Å²) in [6, 6.07) is 11.1. The molecule has 3 N–H and O–H groups in total. The fourth-order valence-electron chi connectivity index (χ4n) is 0.866. The standard InChI is InChI=1S/C9H13N2.Y/c10-6-7-11-8-9-4-2-1-3-5-9;/h1-4,11H,6-8,10H2;/q-1;. The molecule has 0 heterocycles. The minimum atomic E-state index is 0. The van der Waals surface area contributed by atoms with Crippen LogP contribution in [0.5, 0.6) is 0 Å². The van der Waals surface area contributed by atoms with E-state index in [9.17, 15) is 0 Å². The maximum Gasteiger partial charge on any atom is 0.00768 e.